The van der Waals surface area contributed by atoms with Crippen LogP contribution in [0.4, 0.5) is 5.82 Å². The van der Waals surface area contributed by atoms with Crippen molar-refractivity contribution in [3.05, 3.63) is 52.9 Å². The van der Waals surface area contributed by atoms with Crippen LogP contribution in [0.1, 0.15) is 31.9 Å². The summed E-state index contributed by atoms with van der Waals surface area (Å²) in [6.45, 7) is 10.4. The highest BCUT2D eigenvalue weighted by molar-refractivity contribution is 14.0. The predicted octanol–water partition coefficient (Wildman–Crippen LogP) is 3.89. The molecule has 0 radical (unpaired) electrons. The second-order valence-corrected chi connectivity index (χ2v) is 6.45. The second kappa shape index (κ2) is 13.5. The van der Waals surface area contributed by atoms with E-state index in [4.69, 9.17) is 11.6 Å². The molecule has 8 heteroatoms. The summed E-state index contributed by atoms with van der Waals surface area (Å²) in [6, 6.07) is 7.95. The first-order chi connectivity index (χ1) is 13.2. The minimum atomic E-state index is 0. The van der Waals surface area contributed by atoms with Crippen LogP contribution in [0.5, 0.6) is 0 Å². The van der Waals surface area contributed by atoms with Gasteiger partial charge in [0.25, 0.3) is 0 Å². The molecule has 2 N–H and O–H groups in total. The van der Waals surface area contributed by atoms with E-state index in [1.807, 2.05) is 18.3 Å². The zero-order valence-electron chi connectivity index (χ0n) is 16.8. The Hall–Kier alpha value is -1.61. The van der Waals surface area contributed by atoms with E-state index in [0.717, 1.165) is 55.5 Å². The minimum Gasteiger partial charge on any atom is -0.357 e. The zero-order valence-corrected chi connectivity index (χ0v) is 19.9. The van der Waals surface area contributed by atoms with Gasteiger partial charge in [-0.3, -0.25) is 0 Å². The van der Waals surface area contributed by atoms with Gasteiger partial charge in [-0.05, 0) is 50.5 Å². The zero-order chi connectivity index (χ0) is 19.5. The van der Waals surface area contributed by atoms with Gasteiger partial charge in [0.1, 0.15) is 11.0 Å². The van der Waals surface area contributed by atoms with Crippen LogP contribution in [-0.2, 0) is 13.0 Å². The van der Waals surface area contributed by atoms with Crippen molar-refractivity contribution >= 4 is 47.4 Å². The van der Waals surface area contributed by atoms with Crippen LogP contribution in [0.3, 0.4) is 0 Å². The van der Waals surface area contributed by atoms with Crippen molar-refractivity contribution in [3.63, 3.8) is 0 Å². The maximum atomic E-state index is 5.82. The number of pyridine rings is 2. The molecular formula is C20H30ClIN6. The lowest BCUT2D eigenvalue weighted by molar-refractivity contribution is 0.797. The van der Waals surface area contributed by atoms with Crippen molar-refractivity contribution in [2.24, 2.45) is 4.99 Å². The largest absolute Gasteiger partial charge is 0.357 e. The third-order valence-corrected chi connectivity index (χ3v) is 4.38. The molecule has 2 heterocycles. The quantitative estimate of drug-likeness (QED) is 0.229. The lowest BCUT2D eigenvalue weighted by Crippen LogP contribution is -2.38. The number of hydrogen-bond donors (Lipinski definition) is 2. The van der Waals surface area contributed by atoms with E-state index in [1.54, 1.807) is 6.20 Å². The van der Waals surface area contributed by atoms with E-state index in [0.29, 0.717) is 11.7 Å². The number of rotatable bonds is 9. The van der Waals surface area contributed by atoms with E-state index >= 15 is 0 Å². The molecule has 2 aromatic heterocycles. The number of anilines is 1. The molecule has 0 saturated carbocycles. The lowest BCUT2D eigenvalue weighted by atomic mass is 10.2. The fourth-order valence-corrected chi connectivity index (χ4v) is 2.75. The van der Waals surface area contributed by atoms with Crippen molar-refractivity contribution in [2.75, 3.05) is 31.1 Å². The van der Waals surface area contributed by atoms with Gasteiger partial charge >= 0.3 is 0 Å². The number of aromatic nitrogens is 2. The van der Waals surface area contributed by atoms with Gasteiger partial charge in [-0.1, -0.05) is 23.7 Å². The first-order valence-electron chi connectivity index (χ1n) is 9.48. The molecule has 0 fully saturated rings. The van der Waals surface area contributed by atoms with Crippen LogP contribution in [-0.4, -0.2) is 42.1 Å². The maximum absolute atomic E-state index is 5.82. The molecule has 0 bridgehead atoms. The topological polar surface area (TPSA) is 65.4 Å². The molecule has 0 amide bonds. The van der Waals surface area contributed by atoms with Crippen LogP contribution >= 0.6 is 35.6 Å². The first-order valence-corrected chi connectivity index (χ1v) is 9.86. The molecule has 6 nitrogen and oxygen atoms in total. The summed E-state index contributed by atoms with van der Waals surface area (Å²) in [5.74, 6) is 1.81. The molecule has 0 saturated heterocycles. The van der Waals surface area contributed by atoms with Gasteiger partial charge in [0.2, 0.25) is 0 Å². The van der Waals surface area contributed by atoms with Gasteiger partial charge in [-0.15, -0.1) is 24.0 Å². The lowest BCUT2D eigenvalue weighted by Gasteiger charge is -2.19. The SMILES string of the molecule is CCNC(=NCc1ccc(N(CC)CC)nc1)NCCc1ccc(Cl)nc1.I. The van der Waals surface area contributed by atoms with Crippen molar-refractivity contribution in [2.45, 2.75) is 33.7 Å². The molecule has 28 heavy (non-hydrogen) atoms. The molecule has 0 aliphatic carbocycles. The highest BCUT2D eigenvalue weighted by atomic mass is 127. The third kappa shape index (κ3) is 8.18. The minimum absolute atomic E-state index is 0. The summed E-state index contributed by atoms with van der Waals surface area (Å²) >= 11 is 5.82. The van der Waals surface area contributed by atoms with Gasteiger partial charge < -0.3 is 15.5 Å². The van der Waals surface area contributed by atoms with Crippen LogP contribution in [0.15, 0.2) is 41.7 Å². The summed E-state index contributed by atoms with van der Waals surface area (Å²) in [6.07, 6.45) is 4.56. The Labute approximate surface area is 190 Å². The molecular weight excluding hydrogens is 487 g/mol. The van der Waals surface area contributed by atoms with Gasteiger partial charge in [0.15, 0.2) is 5.96 Å². The summed E-state index contributed by atoms with van der Waals surface area (Å²) in [7, 11) is 0. The number of guanidine groups is 1. The Morgan fingerprint density at radius 3 is 2.29 bits per heavy atom. The summed E-state index contributed by atoms with van der Waals surface area (Å²) in [5, 5.41) is 7.14. The number of nitrogens with one attached hydrogen (secondary N) is 2. The van der Waals surface area contributed by atoms with E-state index in [9.17, 15) is 0 Å². The fourth-order valence-electron chi connectivity index (χ4n) is 2.64. The molecule has 2 aromatic rings. The Bertz CT molecular complexity index is 702. The third-order valence-electron chi connectivity index (χ3n) is 4.16. The van der Waals surface area contributed by atoms with Crippen LogP contribution in [0.25, 0.3) is 0 Å². The summed E-state index contributed by atoms with van der Waals surface area (Å²) < 4.78 is 0. The molecule has 0 aromatic carbocycles. The summed E-state index contributed by atoms with van der Waals surface area (Å²) in [5.41, 5.74) is 2.23. The van der Waals surface area contributed by atoms with E-state index in [-0.39, 0.29) is 24.0 Å². The van der Waals surface area contributed by atoms with E-state index < -0.39 is 0 Å². The Balaban J connectivity index is 0.00000392. The molecule has 0 spiro atoms. The van der Waals surface area contributed by atoms with Gasteiger partial charge in [-0.25, -0.2) is 15.0 Å². The standard InChI is InChI=1S/C20H29ClN6.HI/c1-4-22-20(23-12-11-16-7-9-18(21)24-13-16)26-15-17-8-10-19(25-14-17)27(5-2)6-3;/h7-10,13-14H,4-6,11-12,15H2,1-3H3,(H2,22,23,26);1H. The maximum Gasteiger partial charge on any atom is 0.191 e. The van der Waals surface area contributed by atoms with E-state index in [2.05, 4.69) is 63.4 Å². The average Bonchev–Trinajstić information content (AvgIpc) is 2.69. The fraction of sp³-hybridized carbons (Fsp3) is 0.450. The average molecular weight is 517 g/mol. The highest BCUT2D eigenvalue weighted by Gasteiger charge is 2.03. The Morgan fingerprint density at radius 1 is 1.00 bits per heavy atom. The van der Waals surface area contributed by atoms with Crippen LogP contribution in [0.2, 0.25) is 5.15 Å². The van der Waals surface area contributed by atoms with Crippen molar-refractivity contribution in [1.29, 1.82) is 0 Å². The Morgan fingerprint density at radius 2 is 1.71 bits per heavy atom. The molecule has 0 unspecified atom stereocenters. The normalized spacial score (nSPS) is 10.9. The number of nitrogens with zero attached hydrogens (tertiary/aromatic N) is 4. The molecule has 0 aliphatic rings. The Kier molecular flexibility index (Phi) is 11.8. The first kappa shape index (κ1) is 24.4. The van der Waals surface area contributed by atoms with Crippen LogP contribution in [0, 0.1) is 0 Å². The molecule has 0 aliphatic heterocycles. The highest BCUT2D eigenvalue weighted by Crippen LogP contribution is 2.11. The van der Waals surface area contributed by atoms with Gasteiger partial charge in [0, 0.05) is 38.6 Å². The number of hydrogen-bond acceptors (Lipinski definition) is 4. The molecule has 0 atom stereocenters. The van der Waals surface area contributed by atoms with Gasteiger partial charge in [0.05, 0.1) is 6.54 Å². The van der Waals surface area contributed by atoms with E-state index in [1.165, 1.54) is 0 Å². The monoisotopic (exact) mass is 516 g/mol. The number of halogens is 2. The predicted molar refractivity (Wildman–Crippen MR) is 129 cm³/mol. The smallest absolute Gasteiger partial charge is 0.191 e. The number of aliphatic imine (C=N–C) groups is 1. The van der Waals surface area contributed by atoms with Crippen molar-refractivity contribution in [3.8, 4) is 0 Å². The molecule has 2 rings (SSSR count). The molecule has 154 valence electrons. The van der Waals surface area contributed by atoms with Crippen LogP contribution < -0.4 is 15.5 Å². The van der Waals surface area contributed by atoms with Crippen molar-refractivity contribution in [1.82, 2.24) is 20.6 Å². The van der Waals surface area contributed by atoms with Crippen molar-refractivity contribution < 1.29 is 0 Å². The second-order valence-electron chi connectivity index (χ2n) is 6.06. The van der Waals surface area contributed by atoms with Gasteiger partial charge in [-0.2, -0.15) is 0 Å². The summed E-state index contributed by atoms with van der Waals surface area (Å²) in [4.78, 5) is 15.5.